The Bertz CT molecular complexity index is 772. The lowest BCUT2D eigenvalue weighted by Gasteiger charge is -2.42. The minimum absolute atomic E-state index is 0.261. The fourth-order valence-corrected chi connectivity index (χ4v) is 6.53. The molecule has 194 valence electrons. The summed E-state index contributed by atoms with van der Waals surface area (Å²) in [5.41, 5.74) is 18.3. The average Bonchev–Trinajstić information content (AvgIpc) is 2.82. The fourth-order valence-electron chi connectivity index (χ4n) is 6.53. The first-order valence-corrected chi connectivity index (χ1v) is 14.2. The molecule has 5 N–H and O–H groups in total. The van der Waals surface area contributed by atoms with Crippen LogP contribution in [0.3, 0.4) is 0 Å². The molecule has 0 saturated carbocycles. The van der Waals surface area contributed by atoms with Crippen molar-refractivity contribution >= 4 is 0 Å². The van der Waals surface area contributed by atoms with E-state index < -0.39 is 0 Å². The summed E-state index contributed by atoms with van der Waals surface area (Å²) in [4.78, 5) is 0. The Balaban J connectivity index is 1.72. The van der Waals surface area contributed by atoms with Gasteiger partial charge in [0.05, 0.1) is 0 Å². The van der Waals surface area contributed by atoms with E-state index in [9.17, 15) is 0 Å². The number of allylic oxidation sites excluding steroid dienone is 3. The van der Waals surface area contributed by atoms with Crippen LogP contribution in [0.5, 0.6) is 0 Å². The maximum absolute atomic E-state index is 6.28. The summed E-state index contributed by atoms with van der Waals surface area (Å²) in [7, 11) is 2.10. The van der Waals surface area contributed by atoms with Crippen LogP contribution in [0, 0.1) is 16.2 Å². The highest BCUT2D eigenvalue weighted by Gasteiger charge is 2.36. The van der Waals surface area contributed by atoms with E-state index in [4.69, 9.17) is 11.5 Å². The Labute approximate surface area is 211 Å². The second kappa shape index (κ2) is 11.4. The van der Waals surface area contributed by atoms with Gasteiger partial charge in [0.2, 0.25) is 0 Å². The molecule has 0 aromatic carbocycles. The van der Waals surface area contributed by atoms with E-state index in [1.165, 1.54) is 57.8 Å². The summed E-state index contributed by atoms with van der Waals surface area (Å²) in [6, 6.07) is 1.37. The van der Waals surface area contributed by atoms with E-state index >= 15 is 0 Å². The second-order valence-corrected chi connectivity index (χ2v) is 13.3. The molecule has 0 aromatic rings. The van der Waals surface area contributed by atoms with Crippen LogP contribution in [-0.4, -0.2) is 25.2 Å². The van der Waals surface area contributed by atoms with Crippen LogP contribution in [-0.2, 0) is 0 Å². The average molecular weight is 470 g/mol. The van der Waals surface area contributed by atoms with Crippen LogP contribution in [0.15, 0.2) is 34.9 Å². The molecule has 3 heteroatoms. The summed E-state index contributed by atoms with van der Waals surface area (Å²) < 4.78 is 0. The van der Waals surface area contributed by atoms with E-state index in [0.29, 0.717) is 18.1 Å². The van der Waals surface area contributed by atoms with Crippen LogP contribution in [0.4, 0.5) is 0 Å². The Hall–Kier alpha value is -0.900. The minimum Gasteiger partial charge on any atom is -0.327 e. The molecule has 0 aliphatic heterocycles. The molecular formula is C31H55N3. The lowest BCUT2D eigenvalue weighted by Crippen LogP contribution is -2.32. The third-order valence-electron chi connectivity index (χ3n) is 9.84. The molecule has 0 amide bonds. The maximum atomic E-state index is 6.28. The van der Waals surface area contributed by atoms with Gasteiger partial charge < -0.3 is 16.8 Å². The number of hydrogen-bond acceptors (Lipinski definition) is 3. The van der Waals surface area contributed by atoms with E-state index in [-0.39, 0.29) is 16.2 Å². The summed E-state index contributed by atoms with van der Waals surface area (Å²) in [6.45, 7) is 12.5. The summed E-state index contributed by atoms with van der Waals surface area (Å²) in [6.07, 6.45) is 23.0. The molecule has 0 spiro atoms. The van der Waals surface area contributed by atoms with E-state index in [2.05, 4.69) is 65.2 Å². The molecule has 0 heterocycles. The van der Waals surface area contributed by atoms with Gasteiger partial charge in [0.1, 0.15) is 0 Å². The molecule has 4 atom stereocenters. The number of nitrogens with two attached hydrogens (primary N) is 2. The first kappa shape index (κ1) is 27.7. The van der Waals surface area contributed by atoms with Crippen LogP contribution in [0.2, 0.25) is 0 Å². The fraction of sp³-hybridized carbons (Fsp3) is 0.806. The number of rotatable bonds is 10. The van der Waals surface area contributed by atoms with Crippen molar-refractivity contribution in [3.63, 3.8) is 0 Å². The van der Waals surface area contributed by atoms with Crippen molar-refractivity contribution in [2.45, 2.75) is 136 Å². The first-order valence-electron chi connectivity index (χ1n) is 14.2. The van der Waals surface area contributed by atoms with Crippen molar-refractivity contribution in [3.8, 4) is 0 Å². The highest BCUT2D eigenvalue weighted by molar-refractivity contribution is 5.21. The summed E-state index contributed by atoms with van der Waals surface area (Å²) >= 11 is 0. The van der Waals surface area contributed by atoms with Gasteiger partial charge in [0.25, 0.3) is 0 Å². The molecular weight excluding hydrogens is 414 g/mol. The largest absolute Gasteiger partial charge is 0.327 e. The van der Waals surface area contributed by atoms with Gasteiger partial charge in [-0.15, -0.1) is 0 Å². The van der Waals surface area contributed by atoms with Crippen molar-refractivity contribution in [1.82, 2.24) is 5.32 Å². The lowest BCUT2D eigenvalue weighted by molar-refractivity contribution is 0.219. The number of nitrogens with one attached hydrogen (secondary N) is 1. The predicted octanol–water partition coefficient (Wildman–Crippen LogP) is 7.18. The molecule has 3 aliphatic carbocycles. The Morgan fingerprint density at radius 3 is 1.50 bits per heavy atom. The van der Waals surface area contributed by atoms with E-state index in [1.54, 1.807) is 16.7 Å². The Morgan fingerprint density at radius 1 is 0.676 bits per heavy atom. The second-order valence-electron chi connectivity index (χ2n) is 13.3. The van der Waals surface area contributed by atoms with E-state index in [1.807, 2.05) is 0 Å². The third-order valence-corrected chi connectivity index (χ3v) is 9.84. The van der Waals surface area contributed by atoms with Crippen molar-refractivity contribution in [1.29, 1.82) is 0 Å². The van der Waals surface area contributed by atoms with Crippen LogP contribution in [0.25, 0.3) is 0 Å². The molecule has 0 bridgehead atoms. The normalized spacial score (nSPS) is 28.6. The zero-order valence-corrected chi connectivity index (χ0v) is 23.3. The van der Waals surface area contributed by atoms with Gasteiger partial charge in [-0.05, 0) is 107 Å². The molecule has 3 nitrogen and oxygen atoms in total. The van der Waals surface area contributed by atoms with E-state index in [0.717, 1.165) is 25.7 Å². The van der Waals surface area contributed by atoms with Crippen molar-refractivity contribution < 1.29 is 0 Å². The van der Waals surface area contributed by atoms with Gasteiger partial charge in [-0.3, -0.25) is 0 Å². The highest BCUT2D eigenvalue weighted by atomic mass is 14.9. The Morgan fingerprint density at radius 2 is 1.12 bits per heavy atom. The zero-order valence-electron chi connectivity index (χ0n) is 23.3. The molecule has 3 aliphatic rings. The number of hydrogen-bond donors (Lipinski definition) is 3. The predicted molar refractivity (Wildman–Crippen MR) is 149 cm³/mol. The molecule has 0 radical (unpaired) electrons. The topological polar surface area (TPSA) is 64.1 Å². The van der Waals surface area contributed by atoms with Crippen molar-refractivity contribution in [2.24, 2.45) is 27.7 Å². The van der Waals surface area contributed by atoms with Gasteiger partial charge in [-0.1, -0.05) is 69.6 Å². The van der Waals surface area contributed by atoms with Crippen LogP contribution >= 0.6 is 0 Å². The minimum atomic E-state index is 0.261. The summed E-state index contributed by atoms with van der Waals surface area (Å²) in [5.74, 6) is 0. The zero-order chi connectivity index (χ0) is 25.0. The van der Waals surface area contributed by atoms with Crippen LogP contribution in [0.1, 0.15) is 118 Å². The maximum Gasteiger partial charge on any atom is 0.0102 e. The van der Waals surface area contributed by atoms with Gasteiger partial charge in [-0.25, -0.2) is 0 Å². The van der Waals surface area contributed by atoms with Gasteiger partial charge >= 0.3 is 0 Å². The van der Waals surface area contributed by atoms with Gasteiger partial charge in [-0.2, -0.15) is 0 Å². The molecule has 1 unspecified atom stereocenters. The smallest absolute Gasteiger partial charge is 0.0102 e. The van der Waals surface area contributed by atoms with Crippen LogP contribution < -0.4 is 16.8 Å². The standard InChI is InChI=1S/C31H55N3/c1-29(2,23-7-13-26(32)14-8-23)19-21-31(5,25-9-15-27(33)16-10-25)22-20-30(3,4)24-11-17-28(34-6)18-12-24/h7,9,11,26-28,34H,8,10,12-22,32-33H2,1-6H3/t26-,27+,28-,31?/m1/s1. The first-order chi connectivity index (χ1) is 15.9. The Kier molecular flexibility index (Phi) is 9.31. The van der Waals surface area contributed by atoms with Crippen molar-refractivity contribution in [2.75, 3.05) is 7.05 Å². The SMILES string of the molecule is CN[C@@H]1CC=C(C(C)(C)CCC(C)(CCC(C)(C)C2=CC[C@@H](N)CC2)C2=CC[C@H](N)CC2)CC1. The van der Waals surface area contributed by atoms with Gasteiger partial charge in [0.15, 0.2) is 0 Å². The van der Waals surface area contributed by atoms with Crippen molar-refractivity contribution in [3.05, 3.63) is 34.9 Å². The monoisotopic (exact) mass is 469 g/mol. The summed E-state index contributed by atoms with van der Waals surface area (Å²) in [5, 5.41) is 3.47. The molecule has 0 aromatic heterocycles. The molecule has 0 fully saturated rings. The lowest BCUT2D eigenvalue weighted by atomic mass is 9.64. The highest BCUT2D eigenvalue weighted by Crippen LogP contribution is 2.49. The molecule has 0 saturated heterocycles. The quantitative estimate of drug-likeness (QED) is 0.297. The molecule has 3 rings (SSSR count). The molecule has 34 heavy (non-hydrogen) atoms. The third kappa shape index (κ3) is 7.08. The van der Waals surface area contributed by atoms with Gasteiger partial charge in [0, 0.05) is 18.1 Å².